The van der Waals surface area contributed by atoms with Gasteiger partial charge in [0.15, 0.2) is 0 Å². The molecule has 0 amide bonds. The summed E-state index contributed by atoms with van der Waals surface area (Å²) in [5.74, 6) is -1.18. The van der Waals surface area contributed by atoms with Crippen LogP contribution < -0.4 is 0 Å². The summed E-state index contributed by atoms with van der Waals surface area (Å²) in [6, 6.07) is 3.06. The second-order valence-electron chi connectivity index (χ2n) is 3.89. The van der Waals surface area contributed by atoms with Crippen molar-refractivity contribution in [3.63, 3.8) is 0 Å². The van der Waals surface area contributed by atoms with E-state index >= 15 is 0 Å². The van der Waals surface area contributed by atoms with E-state index in [0.717, 1.165) is 24.5 Å². The minimum Gasteiger partial charge on any atom is -0.321 e. The van der Waals surface area contributed by atoms with Crippen molar-refractivity contribution in [2.75, 3.05) is 0 Å². The average molecular weight is 295 g/mol. The van der Waals surface area contributed by atoms with Crippen molar-refractivity contribution < 1.29 is 26.3 Å². The van der Waals surface area contributed by atoms with Crippen LogP contribution in [0.5, 0.6) is 0 Å². The Labute approximate surface area is 108 Å². The molecule has 0 spiro atoms. The molecule has 9 heteroatoms. The van der Waals surface area contributed by atoms with Crippen LogP contribution in [-0.2, 0) is 18.9 Å². The summed E-state index contributed by atoms with van der Waals surface area (Å²) in [6.45, 7) is -0.446. The van der Waals surface area contributed by atoms with Crippen LogP contribution in [0, 0.1) is 0 Å². The van der Waals surface area contributed by atoms with Crippen molar-refractivity contribution in [1.82, 2.24) is 14.5 Å². The van der Waals surface area contributed by atoms with Crippen LogP contribution in [0.2, 0.25) is 0 Å². The van der Waals surface area contributed by atoms with E-state index in [1.165, 1.54) is 6.07 Å². The zero-order valence-corrected chi connectivity index (χ0v) is 9.70. The number of pyridine rings is 1. The first-order valence-electron chi connectivity index (χ1n) is 5.29. The van der Waals surface area contributed by atoms with Crippen molar-refractivity contribution in [1.29, 1.82) is 0 Å². The van der Waals surface area contributed by atoms with Gasteiger partial charge in [-0.1, -0.05) is 6.07 Å². The predicted molar refractivity (Wildman–Crippen MR) is 55.6 cm³/mol. The Balaban J connectivity index is 2.30. The summed E-state index contributed by atoms with van der Waals surface area (Å²) in [4.78, 5) is 6.44. The largest absolute Gasteiger partial charge is 0.449 e. The number of hydrogen-bond acceptors (Lipinski definition) is 2. The van der Waals surface area contributed by atoms with Gasteiger partial charge < -0.3 is 4.57 Å². The lowest BCUT2D eigenvalue weighted by molar-refractivity contribution is -0.147. The molecule has 0 aliphatic carbocycles. The lowest BCUT2D eigenvalue weighted by Gasteiger charge is -2.11. The van der Waals surface area contributed by atoms with Gasteiger partial charge >= 0.3 is 12.4 Å². The molecule has 3 nitrogen and oxygen atoms in total. The molecule has 0 aliphatic heterocycles. The number of halogens is 6. The van der Waals surface area contributed by atoms with E-state index in [9.17, 15) is 26.3 Å². The van der Waals surface area contributed by atoms with E-state index in [2.05, 4.69) is 9.97 Å². The molecule has 0 saturated heterocycles. The number of nitrogens with zero attached hydrogens (tertiary/aromatic N) is 3. The molecular weight excluding hydrogens is 288 g/mol. The van der Waals surface area contributed by atoms with E-state index in [0.29, 0.717) is 4.57 Å². The third-order valence-electron chi connectivity index (χ3n) is 2.40. The van der Waals surface area contributed by atoms with Gasteiger partial charge in [-0.2, -0.15) is 26.3 Å². The molecule has 0 aliphatic rings. The monoisotopic (exact) mass is 295 g/mol. The molecule has 108 valence electrons. The van der Waals surface area contributed by atoms with E-state index in [-0.39, 0.29) is 5.69 Å². The molecule has 0 aromatic carbocycles. The van der Waals surface area contributed by atoms with Gasteiger partial charge in [0.1, 0.15) is 5.69 Å². The summed E-state index contributed by atoms with van der Waals surface area (Å²) in [6.07, 6.45) is -7.36. The second kappa shape index (κ2) is 4.80. The Morgan fingerprint density at radius 2 is 1.70 bits per heavy atom. The van der Waals surface area contributed by atoms with Gasteiger partial charge in [-0.25, -0.2) is 9.97 Å². The van der Waals surface area contributed by atoms with Crippen LogP contribution >= 0.6 is 0 Å². The molecule has 0 atom stereocenters. The molecule has 0 radical (unpaired) electrons. The molecule has 0 N–H and O–H groups in total. The summed E-state index contributed by atoms with van der Waals surface area (Å²) in [5.41, 5.74) is -1.29. The first-order chi connectivity index (χ1) is 9.18. The molecule has 0 saturated carbocycles. The SMILES string of the molecule is FC(F)(F)c1cccc(Cn2ccnc2C(F)(F)F)n1. The fraction of sp³-hybridized carbons (Fsp3) is 0.273. The molecule has 2 aromatic heterocycles. The van der Waals surface area contributed by atoms with Gasteiger partial charge in [0, 0.05) is 12.4 Å². The minimum atomic E-state index is -4.68. The molecule has 0 bridgehead atoms. The Bertz CT molecular complexity index is 599. The molecule has 2 heterocycles. The Morgan fingerprint density at radius 1 is 1.00 bits per heavy atom. The van der Waals surface area contributed by atoms with E-state index < -0.39 is 30.4 Å². The smallest absolute Gasteiger partial charge is 0.321 e. The van der Waals surface area contributed by atoms with Gasteiger partial charge in [0.2, 0.25) is 5.82 Å². The predicted octanol–water partition coefficient (Wildman–Crippen LogP) is 3.36. The lowest BCUT2D eigenvalue weighted by atomic mass is 10.3. The van der Waals surface area contributed by atoms with Gasteiger partial charge in [0.05, 0.1) is 12.2 Å². The summed E-state index contributed by atoms with van der Waals surface area (Å²) >= 11 is 0. The Morgan fingerprint density at radius 3 is 2.30 bits per heavy atom. The van der Waals surface area contributed by atoms with Gasteiger partial charge in [-0.05, 0) is 12.1 Å². The molecule has 0 fully saturated rings. The van der Waals surface area contributed by atoms with Crippen LogP contribution in [-0.4, -0.2) is 14.5 Å². The standard InChI is InChI=1S/C11H7F6N3/c12-10(13,14)8-3-1-2-7(19-8)6-20-5-4-18-9(20)11(15,16)17/h1-5H,6H2. The highest BCUT2D eigenvalue weighted by Gasteiger charge is 2.36. The lowest BCUT2D eigenvalue weighted by Crippen LogP contribution is -2.16. The third kappa shape index (κ3) is 3.09. The van der Waals surface area contributed by atoms with E-state index in [4.69, 9.17) is 0 Å². The number of imidazole rings is 1. The average Bonchev–Trinajstić information content (AvgIpc) is 2.76. The fourth-order valence-electron chi connectivity index (χ4n) is 1.59. The molecular formula is C11H7F6N3. The first kappa shape index (κ1) is 14.4. The number of aromatic nitrogens is 3. The minimum absolute atomic E-state index is 0.136. The maximum atomic E-state index is 12.6. The van der Waals surface area contributed by atoms with Crippen LogP contribution in [0.25, 0.3) is 0 Å². The van der Waals surface area contributed by atoms with Crippen molar-refractivity contribution in [2.24, 2.45) is 0 Å². The van der Waals surface area contributed by atoms with Crippen molar-refractivity contribution in [3.8, 4) is 0 Å². The van der Waals surface area contributed by atoms with E-state index in [1.54, 1.807) is 0 Å². The fourth-order valence-corrected chi connectivity index (χ4v) is 1.59. The number of hydrogen-bond donors (Lipinski definition) is 0. The van der Waals surface area contributed by atoms with Gasteiger partial charge in [0.25, 0.3) is 0 Å². The highest BCUT2D eigenvalue weighted by Crippen LogP contribution is 2.29. The van der Waals surface area contributed by atoms with Crippen LogP contribution in [0.4, 0.5) is 26.3 Å². The molecule has 0 unspecified atom stereocenters. The zero-order chi connectivity index (χ0) is 15.0. The topological polar surface area (TPSA) is 30.7 Å². The first-order valence-corrected chi connectivity index (χ1v) is 5.29. The third-order valence-corrected chi connectivity index (χ3v) is 2.40. The van der Waals surface area contributed by atoms with Crippen molar-refractivity contribution in [2.45, 2.75) is 18.9 Å². The Hall–Kier alpha value is -2.06. The number of alkyl halides is 6. The molecule has 2 rings (SSSR count). The maximum absolute atomic E-state index is 12.6. The van der Waals surface area contributed by atoms with E-state index in [1.807, 2.05) is 0 Å². The molecule has 20 heavy (non-hydrogen) atoms. The van der Waals surface area contributed by atoms with Gasteiger partial charge in [-0.3, -0.25) is 0 Å². The van der Waals surface area contributed by atoms with Crippen molar-refractivity contribution >= 4 is 0 Å². The highest BCUT2D eigenvalue weighted by molar-refractivity contribution is 5.15. The van der Waals surface area contributed by atoms with Crippen LogP contribution in [0.1, 0.15) is 17.2 Å². The zero-order valence-electron chi connectivity index (χ0n) is 9.70. The quantitative estimate of drug-likeness (QED) is 0.795. The Kier molecular flexibility index (Phi) is 3.45. The van der Waals surface area contributed by atoms with Crippen molar-refractivity contribution in [3.05, 3.63) is 47.8 Å². The summed E-state index contributed by atoms with van der Waals surface area (Å²) in [5, 5.41) is 0. The summed E-state index contributed by atoms with van der Waals surface area (Å²) < 4.78 is 75.8. The second-order valence-corrected chi connectivity index (χ2v) is 3.89. The van der Waals surface area contributed by atoms with Crippen LogP contribution in [0.15, 0.2) is 30.6 Å². The van der Waals surface area contributed by atoms with Gasteiger partial charge in [-0.15, -0.1) is 0 Å². The highest BCUT2D eigenvalue weighted by atomic mass is 19.4. The molecule has 2 aromatic rings. The summed E-state index contributed by atoms with van der Waals surface area (Å²) in [7, 11) is 0. The normalized spacial score (nSPS) is 12.7. The maximum Gasteiger partial charge on any atom is 0.449 e. The number of rotatable bonds is 2. The van der Waals surface area contributed by atoms with Crippen LogP contribution in [0.3, 0.4) is 0 Å².